The van der Waals surface area contributed by atoms with Gasteiger partial charge in [-0.3, -0.25) is 0 Å². The number of rotatable bonds is 3. The Labute approximate surface area is 96.9 Å². The van der Waals surface area contributed by atoms with Crippen molar-refractivity contribution in [2.45, 2.75) is 0 Å². The molecule has 16 heavy (non-hydrogen) atoms. The van der Waals surface area contributed by atoms with Gasteiger partial charge in [-0.25, -0.2) is 4.79 Å². The predicted molar refractivity (Wildman–Crippen MR) is 64.2 cm³/mol. The Hall–Kier alpha value is -1.94. The Morgan fingerprint density at radius 2 is 2.00 bits per heavy atom. The van der Waals surface area contributed by atoms with Crippen molar-refractivity contribution in [3.8, 4) is 11.3 Å². The van der Waals surface area contributed by atoms with Crippen LogP contribution in [-0.2, 0) is 4.79 Å². The minimum Gasteiger partial charge on any atom is -0.478 e. The summed E-state index contributed by atoms with van der Waals surface area (Å²) in [6.45, 7) is 0. The van der Waals surface area contributed by atoms with E-state index in [9.17, 15) is 4.79 Å². The van der Waals surface area contributed by atoms with Gasteiger partial charge in [0.15, 0.2) is 0 Å². The third-order valence-corrected chi connectivity index (χ3v) is 2.62. The molecule has 1 N–H and O–H groups in total. The number of benzene rings is 1. The van der Waals surface area contributed by atoms with Crippen LogP contribution in [0.1, 0.15) is 5.56 Å². The van der Waals surface area contributed by atoms with Crippen LogP contribution in [0.2, 0.25) is 0 Å². The van der Waals surface area contributed by atoms with E-state index in [1.807, 2.05) is 35.7 Å². The minimum absolute atomic E-state index is 0.862. The highest BCUT2D eigenvalue weighted by molar-refractivity contribution is 7.03. The van der Waals surface area contributed by atoms with Crippen LogP contribution in [0.5, 0.6) is 0 Å². The molecule has 0 amide bonds. The fraction of sp³-hybridized carbons (Fsp3) is 0. The van der Waals surface area contributed by atoms with Crippen molar-refractivity contribution in [3.05, 3.63) is 47.4 Å². The zero-order valence-corrected chi connectivity index (χ0v) is 9.15. The number of aliphatic carboxylic acids is 1. The lowest BCUT2D eigenvalue weighted by Crippen LogP contribution is -1.85. The molecule has 0 saturated carbocycles. The highest BCUT2D eigenvalue weighted by atomic mass is 32.1. The van der Waals surface area contributed by atoms with Crippen molar-refractivity contribution >= 4 is 23.6 Å². The first-order chi connectivity index (χ1) is 7.75. The smallest absolute Gasteiger partial charge is 0.328 e. The summed E-state index contributed by atoms with van der Waals surface area (Å²) in [6, 6.07) is 9.54. The lowest BCUT2D eigenvalue weighted by atomic mass is 10.1. The number of hydrogen-bond acceptors (Lipinski definition) is 3. The Morgan fingerprint density at radius 1 is 1.25 bits per heavy atom. The molecule has 1 aromatic heterocycles. The van der Waals surface area contributed by atoms with Gasteiger partial charge in [-0.15, -0.1) is 0 Å². The maximum atomic E-state index is 10.3. The molecule has 0 radical (unpaired) electrons. The predicted octanol–water partition coefficient (Wildman–Crippen LogP) is 2.91. The summed E-state index contributed by atoms with van der Waals surface area (Å²) in [5.41, 5.74) is 2.84. The summed E-state index contributed by atoms with van der Waals surface area (Å²) in [7, 11) is 0. The molecule has 4 heteroatoms. The minimum atomic E-state index is -0.941. The van der Waals surface area contributed by atoms with Crippen LogP contribution in [0, 0.1) is 0 Å². The molecule has 0 fully saturated rings. The van der Waals surface area contributed by atoms with Gasteiger partial charge in [0.1, 0.15) is 0 Å². The average Bonchev–Trinajstić information content (AvgIpc) is 2.80. The lowest BCUT2D eigenvalue weighted by Gasteiger charge is -1.97. The molecule has 1 aromatic carbocycles. The van der Waals surface area contributed by atoms with E-state index in [1.165, 1.54) is 11.5 Å². The van der Waals surface area contributed by atoms with E-state index in [1.54, 1.807) is 6.08 Å². The summed E-state index contributed by atoms with van der Waals surface area (Å²) in [5, 5.41) is 10.4. The summed E-state index contributed by atoms with van der Waals surface area (Å²) in [6.07, 6.45) is 2.69. The first kappa shape index (κ1) is 10.6. The summed E-state index contributed by atoms with van der Waals surface area (Å²) < 4.78 is 4.22. The molecule has 2 aromatic rings. The molecule has 3 nitrogen and oxygen atoms in total. The molecule has 0 aliphatic heterocycles. The van der Waals surface area contributed by atoms with Crippen LogP contribution >= 0.6 is 11.5 Å². The molecule has 0 aliphatic rings. The van der Waals surface area contributed by atoms with Gasteiger partial charge in [0.25, 0.3) is 0 Å². The summed E-state index contributed by atoms with van der Waals surface area (Å²) in [4.78, 5) is 10.3. The second-order valence-corrected chi connectivity index (χ2v) is 3.84. The van der Waals surface area contributed by atoms with Crippen molar-refractivity contribution in [1.82, 2.24) is 4.37 Å². The van der Waals surface area contributed by atoms with Crippen molar-refractivity contribution in [2.75, 3.05) is 0 Å². The standard InChI is InChI=1S/C12H9NO2S/c14-12(15)6-3-9-1-4-10(5-2-9)11-7-8-16-13-11/h1-8H,(H,14,15)/b6-3+. The maximum absolute atomic E-state index is 10.3. The van der Waals surface area contributed by atoms with Crippen LogP contribution in [0.15, 0.2) is 41.8 Å². The van der Waals surface area contributed by atoms with E-state index in [4.69, 9.17) is 5.11 Å². The zero-order valence-electron chi connectivity index (χ0n) is 8.33. The second-order valence-electron chi connectivity index (χ2n) is 3.18. The van der Waals surface area contributed by atoms with E-state index in [0.29, 0.717) is 0 Å². The fourth-order valence-electron chi connectivity index (χ4n) is 1.29. The quantitative estimate of drug-likeness (QED) is 0.826. The van der Waals surface area contributed by atoms with Gasteiger partial charge in [-0.2, -0.15) is 4.37 Å². The van der Waals surface area contributed by atoms with Gasteiger partial charge in [-0.05, 0) is 29.2 Å². The number of carboxylic acids is 1. The number of carboxylic acid groups (broad SMARTS) is 1. The largest absolute Gasteiger partial charge is 0.478 e. The molecular formula is C12H9NO2S. The van der Waals surface area contributed by atoms with Crippen molar-refractivity contribution < 1.29 is 9.90 Å². The molecule has 1 heterocycles. The van der Waals surface area contributed by atoms with Crippen LogP contribution in [0.4, 0.5) is 0 Å². The third-order valence-electron chi connectivity index (χ3n) is 2.06. The number of hydrogen-bond donors (Lipinski definition) is 1. The molecule has 0 atom stereocenters. The SMILES string of the molecule is O=C(O)/C=C/c1ccc(-c2ccsn2)cc1. The Balaban J connectivity index is 2.20. The lowest BCUT2D eigenvalue weighted by molar-refractivity contribution is -0.131. The van der Waals surface area contributed by atoms with Crippen LogP contribution in [0.3, 0.4) is 0 Å². The number of nitrogens with zero attached hydrogens (tertiary/aromatic N) is 1. The van der Waals surface area contributed by atoms with E-state index < -0.39 is 5.97 Å². The molecule has 0 bridgehead atoms. The van der Waals surface area contributed by atoms with Crippen LogP contribution < -0.4 is 0 Å². The molecule has 0 spiro atoms. The van der Waals surface area contributed by atoms with Crippen molar-refractivity contribution in [1.29, 1.82) is 0 Å². The molecule has 0 aliphatic carbocycles. The summed E-state index contributed by atoms with van der Waals surface area (Å²) in [5.74, 6) is -0.941. The van der Waals surface area contributed by atoms with Gasteiger partial charge in [0, 0.05) is 17.0 Å². The maximum Gasteiger partial charge on any atom is 0.328 e. The van der Waals surface area contributed by atoms with Crippen molar-refractivity contribution in [2.24, 2.45) is 0 Å². The van der Waals surface area contributed by atoms with Gasteiger partial charge in [0.2, 0.25) is 0 Å². The highest BCUT2D eigenvalue weighted by Gasteiger charge is 1.98. The van der Waals surface area contributed by atoms with Gasteiger partial charge >= 0.3 is 5.97 Å². The van der Waals surface area contributed by atoms with E-state index in [2.05, 4.69) is 4.37 Å². The molecule has 80 valence electrons. The zero-order chi connectivity index (χ0) is 11.4. The highest BCUT2D eigenvalue weighted by Crippen LogP contribution is 2.19. The Morgan fingerprint density at radius 3 is 2.56 bits per heavy atom. The van der Waals surface area contributed by atoms with Crippen LogP contribution in [0.25, 0.3) is 17.3 Å². The molecule has 0 saturated heterocycles. The Kier molecular flexibility index (Phi) is 3.12. The number of carbonyl (C=O) groups is 1. The average molecular weight is 231 g/mol. The molecule has 0 unspecified atom stereocenters. The summed E-state index contributed by atoms with van der Waals surface area (Å²) >= 11 is 1.41. The van der Waals surface area contributed by atoms with E-state index in [0.717, 1.165) is 22.9 Å². The van der Waals surface area contributed by atoms with E-state index in [-0.39, 0.29) is 0 Å². The first-order valence-corrected chi connectivity index (χ1v) is 5.51. The normalized spacial score (nSPS) is 10.8. The van der Waals surface area contributed by atoms with Crippen molar-refractivity contribution in [3.63, 3.8) is 0 Å². The monoisotopic (exact) mass is 231 g/mol. The van der Waals surface area contributed by atoms with Crippen LogP contribution in [-0.4, -0.2) is 15.4 Å². The number of aromatic nitrogens is 1. The second kappa shape index (κ2) is 4.72. The first-order valence-electron chi connectivity index (χ1n) is 4.67. The Bertz CT molecular complexity index is 500. The topological polar surface area (TPSA) is 50.2 Å². The van der Waals surface area contributed by atoms with Gasteiger partial charge < -0.3 is 5.11 Å². The fourth-order valence-corrected chi connectivity index (χ4v) is 1.82. The third kappa shape index (κ3) is 2.55. The molecule has 2 rings (SSSR count). The van der Waals surface area contributed by atoms with E-state index >= 15 is 0 Å². The van der Waals surface area contributed by atoms with Gasteiger partial charge in [-0.1, -0.05) is 24.3 Å². The molecular weight excluding hydrogens is 222 g/mol. The van der Waals surface area contributed by atoms with Gasteiger partial charge in [0.05, 0.1) is 5.69 Å².